The molecule has 2 amide bonds. The van der Waals surface area contributed by atoms with Gasteiger partial charge in [0.2, 0.25) is 5.91 Å². The Morgan fingerprint density at radius 3 is 2.83 bits per heavy atom. The number of para-hydroxylation sites is 1. The molecular weight excluding hydrogens is 298 g/mol. The van der Waals surface area contributed by atoms with E-state index in [4.69, 9.17) is 10.5 Å². The van der Waals surface area contributed by atoms with E-state index in [1.165, 1.54) is 0 Å². The molecule has 0 saturated carbocycles. The van der Waals surface area contributed by atoms with Crippen molar-refractivity contribution in [2.45, 2.75) is 25.0 Å². The van der Waals surface area contributed by atoms with Crippen LogP contribution in [0.4, 0.5) is 0 Å². The number of hydrogen-bond acceptors (Lipinski definition) is 5. The average molecular weight is 321 g/mol. The van der Waals surface area contributed by atoms with Crippen LogP contribution in [0.3, 0.4) is 0 Å². The third-order valence-electron chi connectivity index (χ3n) is 3.81. The molecule has 0 aliphatic carbocycles. The number of benzene rings is 1. The molecule has 7 heteroatoms. The van der Waals surface area contributed by atoms with Gasteiger partial charge in [0.15, 0.2) is 0 Å². The monoisotopic (exact) mass is 321 g/mol. The van der Waals surface area contributed by atoms with Gasteiger partial charge in [0.1, 0.15) is 18.5 Å². The predicted octanol–water partition coefficient (Wildman–Crippen LogP) is -0.604. The summed E-state index contributed by atoms with van der Waals surface area (Å²) in [5.41, 5.74) is 5.83. The first kappa shape index (κ1) is 17.2. The molecule has 1 fully saturated rings. The summed E-state index contributed by atoms with van der Waals surface area (Å²) in [6, 6.07) is 8.47. The largest absolute Gasteiger partial charge is 0.492 e. The van der Waals surface area contributed by atoms with Gasteiger partial charge < -0.3 is 26.2 Å². The minimum absolute atomic E-state index is 0.0654. The van der Waals surface area contributed by atoms with Crippen molar-refractivity contribution in [1.82, 2.24) is 10.6 Å². The summed E-state index contributed by atoms with van der Waals surface area (Å²) in [5, 5.41) is 15.2. The second-order valence-electron chi connectivity index (χ2n) is 5.57. The SMILES string of the molecule is N[C@@H](CC1CCNC1=O)C(O)C(=O)NCCOc1ccccc1. The first-order chi connectivity index (χ1) is 11.1. The van der Waals surface area contributed by atoms with Crippen LogP contribution in [0.2, 0.25) is 0 Å². The molecule has 5 N–H and O–H groups in total. The number of rotatable bonds is 8. The summed E-state index contributed by atoms with van der Waals surface area (Å²) < 4.78 is 5.44. The van der Waals surface area contributed by atoms with Crippen LogP contribution in [-0.2, 0) is 9.59 Å². The zero-order chi connectivity index (χ0) is 16.7. The minimum atomic E-state index is -1.33. The lowest BCUT2D eigenvalue weighted by atomic mass is 9.95. The minimum Gasteiger partial charge on any atom is -0.492 e. The lowest BCUT2D eigenvalue weighted by molar-refractivity contribution is -0.131. The van der Waals surface area contributed by atoms with Gasteiger partial charge in [-0.1, -0.05) is 18.2 Å². The maximum atomic E-state index is 11.9. The topological polar surface area (TPSA) is 114 Å². The summed E-state index contributed by atoms with van der Waals surface area (Å²) in [7, 11) is 0. The van der Waals surface area contributed by atoms with Gasteiger partial charge in [-0.2, -0.15) is 0 Å². The van der Waals surface area contributed by atoms with Gasteiger partial charge in [0, 0.05) is 18.5 Å². The predicted molar refractivity (Wildman–Crippen MR) is 84.7 cm³/mol. The molecule has 0 aromatic heterocycles. The standard InChI is InChI=1S/C16H23N3O4/c17-13(10-11-6-7-18-15(11)21)14(20)16(22)19-8-9-23-12-4-2-1-3-5-12/h1-5,11,13-14,20H,6-10,17H2,(H,18,21)(H,19,22)/t11?,13-,14?/m0/s1. The van der Waals surface area contributed by atoms with E-state index in [2.05, 4.69) is 10.6 Å². The highest BCUT2D eigenvalue weighted by atomic mass is 16.5. The number of aliphatic hydroxyl groups excluding tert-OH is 1. The molecule has 2 unspecified atom stereocenters. The third kappa shape index (κ3) is 5.22. The molecule has 1 aliphatic heterocycles. The molecule has 7 nitrogen and oxygen atoms in total. The van der Waals surface area contributed by atoms with E-state index >= 15 is 0 Å². The Balaban J connectivity index is 1.66. The number of ether oxygens (including phenoxy) is 1. The number of carbonyl (C=O) groups excluding carboxylic acids is 2. The quantitative estimate of drug-likeness (QED) is 0.477. The number of hydrogen-bond donors (Lipinski definition) is 4. The Kier molecular flexibility index (Phi) is 6.37. The second kappa shape index (κ2) is 8.50. The highest BCUT2D eigenvalue weighted by Crippen LogP contribution is 2.16. The molecule has 1 heterocycles. The average Bonchev–Trinajstić information content (AvgIpc) is 2.96. The van der Waals surface area contributed by atoms with Crippen molar-refractivity contribution in [3.05, 3.63) is 30.3 Å². The fourth-order valence-electron chi connectivity index (χ4n) is 2.49. The zero-order valence-electron chi connectivity index (χ0n) is 12.9. The van der Waals surface area contributed by atoms with E-state index in [9.17, 15) is 14.7 Å². The lowest BCUT2D eigenvalue weighted by Gasteiger charge is -2.20. The fourth-order valence-corrected chi connectivity index (χ4v) is 2.49. The number of aliphatic hydroxyl groups is 1. The van der Waals surface area contributed by atoms with Gasteiger partial charge in [-0.15, -0.1) is 0 Å². The van der Waals surface area contributed by atoms with Crippen LogP contribution in [0.15, 0.2) is 30.3 Å². The molecular formula is C16H23N3O4. The smallest absolute Gasteiger partial charge is 0.250 e. The van der Waals surface area contributed by atoms with Crippen molar-refractivity contribution in [2.75, 3.05) is 19.7 Å². The van der Waals surface area contributed by atoms with Crippen LogP contribution >= 0.6 is 0 Å². The summed E-state index contributed by atoms with van der Waals surface area (Å²) in [4.78, 5) is 23.3. The molecule has 1 aromatic rings. The second-order valence-corrected chi connectivity index (χ2v) is 5.57. The molecule has 1 saturated heterocycles. The zero-order valence-corrected chi connectivity index (χ0v) is 12.9. The molecule has 0 bridgehead atoms. The van der Waals surface area contributed by atoms with E-state index < -0.39 is 18.1 Å². The molecule has 23 heavy (non-hydrogen) atoms. The number of carbonyl (C=O) groups is 2. The van der Waals surface area contributed by atoms with Crippen molar-refractivity contribution < 1.29 is 19.4 Å². The van der Waals surface area contributed by atoms with Gasteiger partial charge >= 0.3 is 0 Å². The maximum Gasteiger partial charge on any atom is 0.250 e. The van der Waals surface area contributed by atoms with Gasteiger partial charge in [-0.05, 0) is 25.0 Å². The molecule has 0 spiro atoms. The first-order valence-electron chi connectivity index (χ1n) is 7.75. The summed E-state index contributed by atoms with van der Waals surface area (Å²) in [6.45, 7) is 1.18. The molecule has 1 aromatic carbocycles. The van der Waals surface area contributed by atoms with E-state index in [0.29, 0.717) is 31.7 Å². The van der Waals surface area contributed by atoms with Crippen LogP contribution in [0.25, 0.3) is 0 Å². The summed E-state index contributed by atoms with van der Waals surface area (Å²) >= 11 is 0. The van der Waals surface area contributed by atoms with E-state index in [-0.39, 0.29) is 18.4 Å². The van der Waals surface area contributed by atoms with E-state index in [1.807, 2.05) is 30.3 Å². The fraction of sp³-hybridized carbons (Fsp3) is 0.500. The van der Waals surface area contributed by atoms with Gasteiger partial charge in [0.05, 0.1) is 6.54 Å². The van der Waals surface area contributed by atoms with Crippen LogP contribution in [-0.4, -0.2) is 48.8 Å². The highest BCUT2D eigenvalue weighted by Gasteiger charge is 2.31. The van der Waals surface area contributed by atoms with Crippen molar-refractivity contribution in [3.8, 4) is 5.75 Å². The maximum absolute atomic E-state index is 11.9. The summed E-state index contributed by atoms with van der Waals surface area (Å²) in [6.07, 6.45) is -0.354. The van der Waals surface area contributed by atoms with Crippen molar-refractivity contribution in [1.29, 1.82) is 0 Å². The van der Waals surface area contributed by atoms with Crippen molar-refractivity contribution in [2.24, 2.45) is 11.7 Å². The van der Waals surface area contributed by atoms with E-state index in [1.54, 1.807) is 0 Å². The highest BCUT2D eigenvalue weighted by molar-refractivity contribution is 5.82. The van der Waals surface area contributed by atoms with E-state index in [0.717, 1.165) is 0 Å². The van der Waals surface area contributed by atoms with Crippen molar-refractivity contribution >= 4 is 11.8 Å². The number of nitrogens with one attached hydrogen (secondary N) is 2. The Hall–Kier alpha value is -2.12. The van der Waals surface area contributed by atoms with Gasteiger partial charge in [-0.3, -0.25) is 9.59 Å². The van der Waals surface area contributed by atoms with Crippen molar-refractivity contribution in [3.63, 3.8) is 0 Å². The van der Waals surface area contributed by atoms with Crippen LogP contribution in [0.1, 0.15) is 12.8 Å². The normalized spacial score (nSPS) is 19.7. The Morgan fingerprint density at radius 2 is 2.17 bits per heavy atom. The Morgan fingerprint density at radius 1 is 1.43 bits per heavy atom. The Labute approximate surface area is 135 Å². The van der Waals surface area contributed by atoms with Crippen LogP contribution in [0.5, 0.6) is 5.75 Å². The molecule has 1 aliphatic rings. The Bertz CT molecular complexity index is 523. The number of amides is 2. The summed E-state index contributed by atoms with van der Waals surface area (Å²) in [5.74, 6) is -0.128. The third-order valence-corrected chi connectivity index (χ3v) is 3.81. The van der Waals surface area contributed by atoms with Gasteiger partial charge in [-0.25, -0.2) is 0 Å². The molecule has 3 atom stereocenters. The number of nitrogens with two attached hydrogens (primary N) is 1. The molecule has 0 radical (unpaired) electrons. The molecule has 2 rings (SSSR count). The molecule has 126 valence electrons. The van der Waals surface area contributed by atoms with Crippen LogP contribution < -0.4 is 21.1 Å². The lowest BCUT2D eigenvalue weighted by Crippen LogP contribution is -2.48. The van der Waals surface area contributed by atoms with Gasteiger partial charge in [0.25, 0.3) is 5.91 Å². The first-order valence-corrected chi connectivity index (χ1v) is 7.75. The van der Waals surface area contributed by atoms with Crippen LogP contribution in [0, 0.1) is 5.92 Å².